The third kappa shape index (κ3) is 4.81. The van der Waals surface area contributed by atoms with E-state index in [0.29, 0.717) is 33.8 Å². The van der Waals surface area contributed by atoms with Gasteiger partial charge in [0, 0.05) is 6.07 Å². The summed E-state index contributed by atoms with van der Waals surface area (Å²) in [6.07, 6.45) is 0. The summed E-state index contributed by atoms with van der Waals surface area (Å²) in [7, 11) is 1.58. The van der Waals surface area contributed by atoms with Crippen LogP contribution in [0.25, 0.3) is 11.0 Å². The summed E-state index contributed by atoms with van der Waals surface area (Å²) in [6.45, 7) is 7.98. The number of aryl methyl sites for hydroxylation is 1. The van der Waals surface area contributed by atoms with E-state index in [4.69, 9.17) is 18.6 Å². The minimum atomic E-state index is -0.488. The van der Waals surface area contributed by atoms with Crippen molar-refractivity contribution in [3.8, 4) is 23.0 Å². The number of carbonyl (C=O) groups is 1. The van der Waals surface area contributed by atoms with Crippen molar-refractivity contribution < 1.29 is 23.4 Å². The van der Waals surface area contributed by atoms with Gasteiger partial charge in [0.25, 0.3) is 0 Å². The van der Waals surface area contributed by atoms with Gasteiger partial charge in [-0.2, -0.15) is 0 Å². The molecule has 0 aliphatic rings. The second kappa shape index (κ2) is 9.06. The van der Waals surface area contributed by atoms with E-state index >= 15 is 0 Å². The Bertz CT molecular complexity index is 1390. The first-order valence-corrected chi connectivity index (χ1v) is 10.9. The van der Waals surface area contributed by atoms with Crippen LogP contribution < -0.4 is 19.6 Å². The predicted molar refractivity (Wildman–Crippen MR) is 130 cm³/mol. The van der Waals surface area contributed by atoms with Crippen LogP contribution in [-0.4, -0.2) is 13.1 Å². The lowest BCUT2D eigenvalue weighted by Crippen LogP contribution is -2.13. The predicted octanol–water partition coefficient (Wildman–Crippen LogP) is 6.42. The summed E-state index contributed by atoms with van der Waals surface area (Å²) >= 11 is 0. The van der Waals surface area contributed by atoms with Gasteiger partial charge in [-0.05, 0) is 66.4 Å². The number of benzene rings is 3. The lowest BCUT2D eigenvalue weighted by molar-refractivity contribution is 0.0735. The van der Waals surface area contributed by atoms with Gasteiger partial charge in [0.1, 0.15) is 28.6 Å². The molecule has 3 aromatic carbocycles. The second-order valence-electron chi connectivity index (χ2n) is 8.97. The Morgan fingerprint density at radius 1 is 0.853 bits per heavy atom. The standard InChI is InChI=1S/C28H26O6/c1-17-26(33-21-12-10-20(31-5)11-13-21)25(29)23-15-14-22(16-24(23)32-17)34-27(30)18-6-8-19(9-7-18)28(2,3)4/h6-16H,1-5H3. The number of carbonyl (C=O) groups excluding carboxylic acids is 1. The van der Waals surface area contributed by atoms with E-state index in [1.165, 1.54) is 6.07 Å². The third-order valence-electron chi connectivity index (χ3n) is 5.46. The molecule has 6 heteroatoms. The Morgan fingerprint density at radius 2 is 1.47 bits per heavy atom. The van der Waals surface area contributed by atoms with Crippen LogP contribution in [0.15, 0.2) is 75.9 Å². The van der Waals surface area contributed by atoms with Crippen molar-refractivity contribution >= 4 is 16.9 Å². The monoisotopic (exact) mass is 458 g/mol. The lowest BCUT2D eigenvalue weighted by atomic mass is 9.87. The molecular weight excluding hydrogens is 432 g/mol. The SMILES string of the molecule is COc1ccc(Oc2c(C)oc3cc(OC(=O)c4ccc(C(C)(C)C)cc4)ccc3c2=O)cc1. The smallest absolute Gasteiger partial charge is 0.343 e. The Hall–Kier alpha value is -4.06. The maximum atomic E-state index is 13.0. The highest BCUT2D eigenvalue weighted by atomic mass is 16.5. The molecule has 174 valence electrons. The van der Waals surface area contributed by atoms with Crippen molar-refractivity contribution in [2.45, 2.75) is 33.1 Å². The van der Waals surface area contributed by atoms with Gasteiger partial charge >= 0.3 is 5.97 Å². The molecule has 0 aliphatic heterocycles. The maximum absolute atomic E-state index is 13.0. The van der Waals surface area contributed by atoms with E-state index in [9.17, 15) is 9.59 Å². The first kappa shape index (κ1) is 23.1. The molecule has 6 nitrogen and oxygen atoms in total. The number of fused-ring (bicyclic) bond motifs is 1. The molecule has 0 unspecified atom stereocenters. The number of esters is 1. The Labute approximate surface area is 197 Å². The van der Waals surface area contributed by atoms with E-state index in [1.807, 2.05) is 12.1 Å². The largest absolute Gasteiger partial charge is 0.497 e. The van der Waals surface area contributed by atoms with Gasteiger partial charge in [0.2, 0.25) is 11.2 Å². The molecule has 0 fully saturated rings. The number of hydrogen-bond acceptors (Lipinski definition) is 6. The molecule has 0 spiro atoms. The van der Waals surface area contributed by atoms with Crippen molar-refractivity contribution in [2.75, 3.05) is 7.11 Å². The molecule has 4 rings (SSSR count). The molecule has 0 saturated heterocycles. The Balaban J connectivity index is 1.57. The molecule has 0 aliphatic carbocycles. The second-order valence-corrected chi connectivity index (χ2v) is 8.97. The van der Waals surface area contributed by atoms with Crippen LogP contribution in [0, 0.1) is 6.92 Å². The van der Waals surface area contributed by atoms with Crippen LogP contribution in [0.2, 0.25) is 0 Å². The van der Waals surface area contributed by atoms with Gasteiger partial charge in [0.05, 0.1) is 18.1 Å². The molecule has 34 heavy (non-hydrogen) atoms. The topological polar surface area (TPSA) is 75.0 Å². The maximum Gasteiger partial charge on any atom is 0.343 e. The van der Waals surface area contributed by atoms with E-state index < -0.39 is 5.97 Å². The number of hydrogen-bond donors (Lipinski definition) is 0. The Kier molecular flexibility index (Phi) is 6.16. The minimum Gasteiger partial charge on any atom is -0.497 e. The van der Waals surface area contributed by atoms with Crippen LogP contribution in [0.4, 0.5) is 0 Å². The van der Waals surface area contributed by atoms with Gasteiger partial charge in [-0.15, -0.1) is 0 Å². The van der Waals surface area contributed by atoms with Crippen LogP contribution >= 0.6 is 0 Å². The summed E-state index contributed by atoms with van der Waals surface area (Å²) in [4.78, 5) is 25.6. The first-order chi connectivity index (χ1) is 16.2. The summed E-state index contributed by atoms with van der Waals surface area (Å²) < 4.78 is 22.3. The summed E-state index contributed by atoms with van der Waals surface area (Å²) in [5.74, 6) is 1.37. The summed E-state index contributed by atoms with van der Waals surface area (Å²) in [5, 5.41) is 0.323. The van der Waals surface area contributed by atoms with Gasteiger partial charge in [-0.25, -0.2) is 4.79 Å². The van der Waals surface area contributed by atoms with Gasteiger partial charge < -0.3 is 18.6 Å². The summed E-state index contributed by atoms with van der Waals surface area (Å²) in [6, 6.07) is 18.9. The van der Waals surface area contributed by atoms with E-state index in [0.717, 1.165) is 5.56 Å². The fourth-order valence-electron chi connectivity index (χ4n) is 3.48. The van der Waals surface area contributed by atoms with Crippen molar-refractivity contribution in [1.82, 2.24) is 0 Å². The average Bonchev–Trinajstić information content (AvgIpc) is 2.81. The molecule has 0 bridgehead atoms. The van der Waals surface area contributed by atoms with E-state index in [2.05, 4.69) is 20.8 Å². The molecule has 0 saturated carbocycles. The van der Waals surface area contributed by atoms with Crippen molar-refractivity contribution in [1.29, 1.82) is 0 Å². The molecule has 0 amide bonds. The molecule has 0 radical (unpaired) electrons. The highest BCUT2D eigenvalue weighted by Crippen LogP contribution is 2.29. The van der Waals surface area contributed by atoms with Crippen LogP contribution in [-0.2, 0) is 5.41 Å². The lowest BCUT2D eigenvalue weighted by Gasteiger charge is -2.18. The van der Waals surface area contributed by atoms with Crippen molar-refractivity contribution in [3.63, 3.8) is 0 Å². The average molecular weight is 459 g/mol. The minimum absolute atomic E-state index is 0.00781. The number of ether oxygens (including phenoxy) is 3. The van der Waals surface area contributed by atoms with Gasteiger partial charge in [-0.1, -0.05) is 32.9 Å². The van der Waals surface area contributed by atoms with Crippen LogP contribution in [0.5, 0.6) is 23.0 Å². The van der Waals surface area contributed by atoms with Crippen LogP contribution in [0.3, 0.4) is 0 Å². The fourth-order valence-corrected chi connectivity index (χ4v) is 3.48. The van der Waals surface area contributed by atoms with Gasteiger partial charge in [-0.3, -0.25) is 4.79 Å². The molecule has 1 aromatic heterocycles. The molecule has 0 atom stereocenters. The molecule has 0 N–H and O–H groups in total. The zero-order chi connectivity index (χ0) is 24.5. The normalized spacial score (nSPS) is 11.3. The molecular formula is C28H26O6. The Morgan fingerprint density at radius 3 is 2.09 bits per heavy atom. The molecule has 4 aromatic rings. The quantitative estimate of drug-likeness (QED) is 0.254. The first-order valence-electron chi connectivity index (χ1n) is 10.9. The van der Waals surface area contributed by atoms with Crippen molar-refractivity contribution in [2.24, 2.45) is 0 Å². The number of methoxy groups -OCH3 is 1. The molecule has 1 heterocycles. The van der Waals surface area contributed by atoms with Crippen LogP contribution in [0.1, 0.15) is 42.5 Å². The zero-order valence-corrected chi connectivity index (χ0v) is 19.8. The zero-order valence-electron chi connectivity index (χ0n) is 19.8. The highest BCUT2D eigenvalue weighted by molar-refractivity contribution is 5.91. The highest BCUT2D eigenvalue weighted by Gasteiger charge is 2.17. The van der Waals surface area contributed by atoms with E-state index in [1.54, 1.807) is 62.6 Å². The van der Waals surface area contributed by atoms with E-state index in [-0.39, 0.29) is 22.3 Å². The summed E-state index contributed by atoms with van der Waals surface area (Å²) in [5.41, 5.74) is 1.54. The number of rotatable bonds is 5. The fraction of sp³-hybridized carbons (Fsp3) is 0.214. The van der Waals surface area contributed by atoms with Crippen molar-refractivity contribution in [3.05, 3.63) is 93.8 Å². The van der Waals surface area contributed by atoms with Gasteiger partial charge in [0.15, 0.2) is 0 Å². The third-order valence-corrected chi connectivity index (χ3v) is 5.46.